The molecular weight excluding hydrogens is 594 g/mol. The van der Waals surface area contributed by atoms with E-state index < -0.39 is 0 Å². The van der Waals surface area contributed by atoms with Gasteiger partial charge in [-0.05, 0) is 57.3 Å². The Balaban J connectivity index is 0.00000336. The zero-order chi connectivity index (χ0) is 26.1. The lowest BCUT2D eigenvalue weighted by Crippen LogP contribution is -3.00. The molecule has 38 heavy (non-hydrogen) atoms. The number of halogens is 2. The van der Waals surface area contributed by atoms with Crippen molar-refractivity contribution in [1.82, 2.24) is 4.90 Å². The van der Waals surface area contributed by atoms with Crippen molar-refractivity contribution in [3.8, 4) is 0 Å². The van der Waals surface area contributed by atoms with E-state index in [1.807, 2.05) is 54.1 Å². The van der Waals surface area contributed by atoms with E-state index in [-0.39, 0.29) is 35.4 Å². The van der Waals surface area contributed by atoms with Gasteiger partial charge in [-0.25, -0.2) is 9.18 Å². The first-order valence-corrected chi connectivity index (χ1v) is 12.9. The summed E-state index contributed by atoms with van der Waals surface area (Å²) < 4.78 is 22.7. The van der Waals surface area contributed by atoms with Crippen molar-refractivity contribution in [2.24, 2.45) is 7.05 Å². The molecule has 1 aliphatic heterocycles. The van der Waals surface area contributed by atoms with Crippen LogP contribution in [0.1, 0.15) is 25.1 Å². The van der Waals surface area contributed by atoms with Gasteiger partial charge >= 0.3 is 5.63 Å². The van der Waals surface area contributed by atoms with Crippen molar-refractivity contribution < 1.29 is 37.4 Å². The summed E-state index contributed by atoms with van der Waals surface area (Å²) in [4.78, 5) is 19.3. The summed E-state index contributed by atoms with van der Waals surface area (Å²) >= 11 is 0. The number of anilines is 2. The first-order chi connectivity index (χ1) is 17.9. The molecule has 0 spiro atoms. The summed E-state index contributed by atoms with van der Waals surface area (Å²) in [5, 5.41) is 1.72. The highest BCUT2D eigenvalue weighted by atomic mass is 127. The molecule has 0 unspecified atom stereocenters. The lowest BCUT2D eigenvalue weighted by molar-refractivity contribution is -0.646. The molecule has 0 bridgehead atoms. The minimum Gasteiger partial charge on any atom is -1.00 e. The fourth-order valence-corrected chi connectivity index (χ4v) is 5.07. The smallest absolute Gasteiger partial charge is 0.343 e. The monoisotopic (exact) mass is 628 g/mol. The van der Waals surface area contributed by atoms with Gasteiger partial charge < -0.3 is 43.1 Å². The normalized spacial score (nSPS) is 14.4. The highest BCUT2D eigenvalue weighted by Crippen LogP contribution is 2.26. The van der Waals surface area contributed by atoms with Crippen LogP contribution in [-0.2, 0) is 7.05 Å². The second-order valence-electron chi connectivity index (χ2n) is 9.69. The van der Waals surface area contributed by atoms with Crippen molar-refractivity contribution in [3.05, 3.63) is 76.0 Å². The summed E-state index contributed by atoms with van der Waals surface area (Å²) in [5.74, 6) is -0.196. The van der Waals surface area contributed by atoms with Gasteiger partial charge in [-0.1, -0.05) is 0 Å². The Kier molecular flexibility index (Phi) is 8.72. The molecule has 8 heteroatoms. The molecule has 4 aromatic rings. The fraction of sp³-hybridized carbons (Fsp3) is 0.333. The zero-order valence-electron chi connectivity index (χ0n) is 22.4. The number of fused-ring (bicyclic) bond motifs is 2. The second-order valence-corrected chi connectivity index (χ2v) is 9.69. The lowest BCUT2D eigenvalue weighted by Gasteiger charge is -2.34. The highest BCUT2D eigenvalue weighted by Gasteiger charge is 2.21. The molecule has 1 saturated heterocycles. The molecule has 0 N–H and O–H groups in total. The molecule has 2 aromatic heterocycles. The quantitative estimate of drug-likeness (QED) is 0.185. The Hall–Kier alpha value is -2.98. The Morgan fingerprint density at radius 2 is 1.68 bits per heavy atom. The third-order valence-corrected chi connectivity index (χ3v) is 7.43. The number of pyridine rings is 1. The van der Waals surface area contributed by atoms with Gasteiger partial charge in [-0.2, -0.15) is 4.57 Å². The van der Waals surface area contributed by atoms with Gasteiger partial charge in [0.15, 0.2) is 0 Å². The molecular formula is C30H34FIN4O2. The predicted octanol–water partition coefficient (Wildman–Crippen LogP) is 1.68. The van der Waals surface area contributed by atoms with Crippen molar-refractivity contribution in [3.63, 3.8) is 0 Å². The van der Waals surface area contributed by atoms with E-state index in [1.165, 1.54) is 0 Å². The Labute approximate surface area is 240 Å². The second kappa shape index (κ2) is 11.8. The average Bonchev–Trinajstić information content (AvgIpc) is 2.89. The number of hydrogen-bond acceptors (Lipinski definition) is 5. The predicted molar refractivity (Wildman–Crippen MR) is 150 cm³/mol. The number of piperazine rings is 1. The Morgan fingerprint density at radius 3 is 2.39 bits per heavy atom. The standard InChI is InChI=1S/C30H34FN4O2.HI/c1-5-34(6-2)25-12-8-22-17-23(30(36)37-29(22)19-25)9-11-24-10-7-21-18-26(31)28(20-27(21)33(24)4)35-15-13-32(3)14-16-35;/h7-12,17-20H,5-6,13-16H2,1-4H3;1H/q+1;/p-1. The van der Waals surface area contributed by atoms with Gasteiger partial charge in [-0.15, -0.1) is 0 Å². The fourth-order valence-electron chi connectivity index (χ4n) is 5.07. The molecule has 0 radical (unpaired) electrons. The van der Waals surface area contributed by atoms with E-state index in [0.29, 0.717) is 16.8 Å². The number of rotatable bonds is 6. The van der Waals surface area contributed by atoms with Gasteiger partial charge in [0.1, 0.15) is 18.4 Å². The lowest BCUT2D eigenvalue weighted by atomic mass is 10.1. The molecule has 3 heterocycles. The summed E-state index contributed by atoms with van der Waals surface area (Å²) in [6.45, 7) is 9.42. The van der Waals surface area contributed by atoms with Gasteiger partial charge in [0.25, 0.3) is 0 Å². The number of benzene rings is 2. The third kappa shape index (κ3) is 5.56. The first-order valence-electron chi connectivity index (χ1n) is 12.9. The molecule has 200 valence electrons. The van der Waals surface area contributed by atoms with Crippen LogP contribution in [-0.4, -0.2) is 51.2 Å². The molecule has 1 aliphatic rings. The van der Waals surface area contributed by atoms with Crippen LogP contribution in [0.15, 0.2) is 57.7 Å². The maximum Gasteiger partial charge on any atom is 0.343 e. The summed E-state index contributed by atoms with van der Waals surface area (Å²) in [5.41, 5.74) is 4.22. The van der Waals surface area contributed by atoms with Crippen LogP contribution in [0.5, 0.6) is 0 Å². The van der Waals surface area contributed by atoms with E-state index in [0.717, 1.165) is 66.9 Å². The third-order valence-electron chi connectivity index (χ3n) is 7.43. The molecule has 5 rings (SSSR count). The average molecular weight is 629 g/mol. The van der Waals surface area contributed by atoms with Crippen LogP contribution in [0, 0.1) is 5.82 Å². The molecule has 1 fully saturated rings. The SMILES string of the molecule is CCN(CC)c1ccc2cc(/C=C/c3ccc4cc(F)c(N5CCN(C)CC5)cc4[n+]3C)c(=O)oc2c1.[I-]. The van der Waals surface area contributed by atoms with Crippen molar-refractivity contribution in [1.29, 1.82) is 0 Å². The minimum atomic E-state index is -0.372. The number of nitrogens with zero attached hydrogens (tertiary/aromatic N) is 4. The minimum absolute atomic E-state index is 0. The topological polar surface area (TPSA) is 43.8 Å². The van der Waals surface area contributed by atoms with Gasteiger partial charge in [0, 0.05) is 80.0 Å². The zero-order valence-corrected chi connectivity index (χ0v) is 24.5. The maximum atomic E-state index is 15.0. The van der Waals surface area contributed by atoms with Crippen LogP contribution in [0.4, 0.5) is 15.8 Å². The van der Waals surface area contributed by atoms with E-state index in [2.05, 4.69) is 41.7 Å². The van der Waals surface area contributed by atoms with Crippen LogP contribution < -0.4 is 44.0 Å². The van der Waals surface area contributed by atoms with E-state index >= 15 is 0 Å². The summed E-state index contributed by atoms with van der Waals surface area (Å²) in [7, 11) is 4.05. The first kappa shape index (κ1) is 28.0. The van der Waals surface area contributed by atoms with Crippen LogP contribution in [0.3, 0.4) is 0 Å². The Bertz CT molecular complexity index is 1540. The summed E-state index contributed by atoms with van der Waals surface area (Å²) in [6.07, 6.45) is 3.69. The largest absolute Gasteiger partial charge is 1.00 e. The molecule has 2 aromatic carbocycles. The number of likely N-dealkylation sites (N-methyl/N-ethyl adjacent to an activating group) is 1. The van der Waals surface area contributed by atoms with Crippen molar-refractivity contribution in [2.45, 2.75) is 13.8 Å². The highest BCUT2D eigenvalue weighted by molar-refractivity contribution is 5.84. The van der Waals surface area contributed by atoms with Crippen molar-refractivity contribution >= 4 is 45.4 Å². The van der Waals surface area contributed by atoms with Crippen LogP contribution >= 0.6 is 0 Å². The Morgan fingerprint density at radius 1 is 0.974 bits per heavy atom. The summed E-state index contributed by atoms with van der Waals surface area (Å²) in [6, 6.07) is 15.3. The van der Waals surface area contributed by atoms with Crippen LogP contribution in [0.25, 0.3) is 34.0 Å². The maximum absolute atomic E-state index is 15.0. The molecule has 0 atom stereocenters. The van der Waals surface area contributed by atoms with E-state index in [1.54, 1.807) is 12.1 Å². The molecule has 0 amide bonds. The molecule has 6 nitrogen and oxygen atoms in total. The van der Waals surface area contributed by atoms with Gasteiger partial charge in [0.05, 0.1) is 11.3 Å². The molecule has 0 saturated carbocycles. The number of aromatic nitrogens is 1. The van der Waals surface area contributed by atoms with E-state index in [9.17, 15) is 9.18 Å². The van der Waals surface area contributed by atoms with Crippen molar-refractivity contribution in [2.75, 3.05) is 56.1 Å². The number of hydrogen-bond donors (Lipinski definition) is 0. The van der Waals surface area contributed by atoms with E-state index in [4.69, 9.17) is 4.42 Å². The van der Waals surface area contributed by atoms with Crippen LogP contribution in [0.2, 0.25) is 0 Å². The van der Waals surface area contributed by atoms with Gasteiger partial charge in [0.2, 0.25) is 11.2 Å². The van der Waals surface area contributed by atoms with Gasteiger partial charge in [-0.3, -0.25) is 0 Å². The number of aryl methyl sites for hydroxylation is 1. The molecule has 0 aliphatic carbocycles.